The number of carboxylic acid groups (broad SMARTS) is 1. The fraction of sp³-hybridized carbons (Fsp3) is 0.467. The third kappa shape index (κ3) is 3.13. The van der Waals surface area contributed by atoms with Gasteiger partial charge < -0.3 is 10.4 Å². The fourth-order valence-electron chi connectivity index (χ4n) is 2.65. The summed E-state index contributed by atoms with van der Waals surface area (Å²) in [5, 5.41) is 12.0. The van der Waals surface area contributed by atoms with Crippen LogP contribution in [0.1, 0.15) is 52.5 Å². The van der Waals surface area contributed by atoms with E-state index < -0.39 is 5.97 Å². The molecule has 0 saturated heterocycles. The van der Waals surface area contributed by atoms with Crippen LogP contribution in [0.25, 0.3) is 0 Å². The Kier molecular flexibility index (Phi) is 3.88. The molecule has 1 aromatic carbocycles. The molecule has 0 radical (unpaired) electrons. The van der Waals surface area contributed by atoms with Crippen molar-refractivity contribution < 1.29 is 14.7 Å². The minimum absolute atomic E-state index is 0.157. The van der Waals surface area contributed by atoms with Gasteiger partial charge in [-0.3, -0.25) is 4.79 Å². The van der Waals surface area contributed by atoms with Crippen LogP contribution in [0.4, 0.5) is 0 Å². The van der Waals surface area contributed by atoms with Gasteiger partial charge in [0.05, 0.1) is 5.56 Å². The van der Waals surface area contributed by atoms with Crippen molar-refractivity contribution in [3.8, 4) is 0 Å². The zero-order valence-corrected chi connectivity index (χ0v) is 11.3. The number of nitrogens with one attached hydrogen (secondary N) is 1. The number of rotatable bonds is 3. The summed E-state index contributed by atoms with van der Waals surface area (Å²) < 4.78 is 0. The summed E-state index contributed by atoms with van der Waals surface area (Å²) in [6.45, 7) is 3.93. The highest BCUT2D eigenvalue weighted by molar-refractivity contribution is 5.98. The van der Waals surface area contributed by atoms with E-state index in [9.17, 15) is 9.59 Å². The lowest BCUT2D eigenvalue weighted by Gasteiger charge is -2.17. The van der Waals surface area contributed by atoms with Crippen LogP contribution in [0.2, 0.25) is 0 Å². The molecule has 2 unspecified atom stereocenters. The van der Waals surface area contributed by atoms with E-state index in [2.05, 4.69) is 12.2 Å². The van der Waals surface area contributed by atoms with E-state index >= 15 is 0 Å². The molecule has 2 atom stereocenters. The van der Waals surface area contributed by atoms with Crippen LogP contribution >= 0.6 is 0 Å². The molecular formula is C15H19NO3. The molecule has 1 saturated carbocycles. The van der Waals surface area contributed by atoms with Crippen LogP contribution < -0.4 is 5.32 Å². The van der Waals surface area contributed by atoms with Gasteiger partial charge in [-0.15, -0.1) is 0 Å². The van der Waals surface area contributed by atoms with Crippen molar-refractivity contribution in [1.29, 1.82) is 0 Å². The van der Waals surface area contributed by atoms with Gasteiger partial charge in [0.15, 0.2) is 0 Å². The van der Waals surface area contributed by atoms with Crippen LogP contribution in [-0.2, 0) is 0 Å². The number of aryl methyl sites for hydroxylation is 1. The van der Waals surface area contributed by atoms with Gasteiger partial charge in [-0.25, -0.2) is 4.79 Å². The average molecular weight is 261 g/mol. The molecule has 4 nitrogen and oxygen atoms in total. The molecule has 19 heavy (non-hydrogen) atoms. The smallest absolute Gasteiger partial charge is 0.335 e. The monoisotopic (exact) mass is 261 g/mol. The molecule has 1 amide bonds. The Morgan fingerprint density at radius 1 is 1.21 bits per heavy atom. The first kappa shape index (κ1) is 13.6. The van der Waals surface area contributed by atoms with Crippen LogP contribution in [0.5, 0.6) is 0 Å². The topological polar surface area (TPSA) is 66.4 Å². The Morgan fingerprint density at radius 2 is 1.89 bits per heavy atom. The summed E-state index contributed by atoms with van der Waals surface area (Å²) >= 11 is 0. The van der Waals surface area contributed by atoms with Crippen LogP contribution in [0, 0.1) is 12.8 Å². The number of carboxylic acids is 1. The molecule has 0 bridgehead atoms. The van der Waals surface area contributed by atoms with Crippen molar-refractivity contribution in [2.45, 2.75) is 39.2 Å². The van der Waals surface area contributed by atoms with E-state index in [1.54, 1.807) is 19.1 Å². The van der Waals surface area contributed by atoms with Gasteiger partial charge in [0, 0.05) is 11.6 Å². The summed E-state index contributed by atoms with van der Waals surface area (Å²) in [6.07, 6.45) is 3.28. The third-order valence-electron chi connectivity index (χ3n) is 3.76. The number of carbonyl (C=O) groups is 2. The maximum absolute atomic E-state index is 12.2. The second-order valence-corrected chi connectivity index (χ2v) is 5.38. The number of hydrogen-bond acceptors (Lipinski definition) is 2. The van der Waals surface area contributed by atoms with Gasteiger partial charge in [-0.05, 0) is 49.4 Å². The number of aromatic carboxylic acids is 1. The van der Waals surface area contributed by atoms with Crippen LogP contribution in [0.3, 0.4) is 0 Å². The van der Waals surface area contributed by atoms with Crippen molar-refractivity contribution in [2.24, 2.45) is 5.92 Å². The summed E-state index contributed by atoms with van der Waals surface area (Å²) in [5.41, 5.74) is 1.37. The van der Waals surface area contributed by atoms with Gasteiger partial charge in [0.1, 0.15) is 0 Å². The molecule has 1 fully saturated rings. The average Bonchev–Trinajstić information content (AvgIpc) is 2.74. The van der Waals surface area contributed by atoms with Crippen molar-refractivity contribution in [3.05, 3.63) is 34.9 Å². The quantitative estimate of drug-likeness (QED) is 0.879. The predicted octanol–water partition coefficient (Wildman–Crippen LogP) is 2.61. The first-order valence-corrected chi connectivity index (χ1v) is 6.63. The number of carbonyl (C=O) groups excluding carboxylic acids is 1. The lowest BCUT2D eigenvalue weighted by molar-refractivity contribution is 0.0696. The minimum atomic E-state index is -1.01. The Labute approximate surface area is 112 Å². The Bertz CT molecular complexity index is 510. The molecule has 102 valence electrons. The number of benzene rings is 1. The molecule has 0 spiro atoms. The molecule has 1 aliphatic carbocycles. The summed E-state index contributed by atoms with van der Waals surface area (Å²) in [7, 11) is 0. The summed E-state index contributed by atoms with van der Waals surface area (Å²) in [5.74, 6) is -0.690. The van der Waals surface area contributed by atoms with E-state index in [4.69, 9.17) is 5.11 Å². The standard InChI is InChI=1S/C15H19NO3/c1-9-6-11(8-12(7-9)15(18)19)14(17)16-13-5-3-4-10(13)2/h6-8,10,13H,3-5H2,1-2H3,(H,16,17)(H,18,19). The number of amides is 1. The van der Waals surface area contributed by atoms with Crippen molar-refractivity contribution in [3.63, 3.8) is 0 Å². The fourth-order valence-corrected chi connectivity index (χ4v) is 2.65. The highest BCUT2D eigenvalue weighted by Gasteiger charge is 2.25. The minimum Gasteiger partial charge on any atom is -0.478 e. The van der Waals surface area contributed by atoms with Crippen molar-refractivity contribution in [2.75, 3.05) is 0 Å². The predicted molar refractivity (Wildman–Crippen MR) is 72.4 cm³/mol. The van der Waals surface area contributed by atoms with Crippen molar-refractivity contribution >= 4 is 11.9 Å². The van der Waals surface area contributed by atoms with Crippen LogP contribution in [0.15, 0.2) is 18.2 Å². The Hall–Kier alpha value is -1.84. The van der Waals surface area contributed by atoms with E-state index in [0.717, 1.165) is 24.8 Å². The molecule has 4 heteroatoms. The number of hydrogen-bond donors (Lipinski definition) is 2. The molecule has 0 heterocycles. The Balaban J connectivity index is 2.16. The van der Waals surface area contributed by atoms with Crippen molar-refractivity contribution in [1.82, 2.24) is 5.32 Å². The van der Waals surface area contributed by atoms with Gasteiger partial charge in [0.2, 0.25) is 0 Å². The first-order chi connectivity index (χ1) is 8.97. The molecular weight excluding hydrogens is 242 g/mol. The SMILES string of the molecule is Cc1cc(C(=O)O)cc(C(=O)NC2CCCC2C)c1. The summed E-state index contributed by atoms with van der Waals surface area (Å²) in [4.78, 5) is 23.2. The largest absolute Gasteiger partial charge is 0.478 e. The lowest BCUT2D eigenvalue weighted by Crippen LogP contribution is -2.36. The maximum Gasteiger partial charge on any atom is 0.335 e. The molecule has 1 aromatic rings. The van der Waals surface area contributed by atoms with E-state index in [1.165, 1.54) is 6.07 Å². The first-order valence-electron chi connectivity index (χ1n) is 6.63. The zero-order chi connectivity index (χ0) is 14.0. The van der Waals surface area contributed by atoms with Gasteiger partial charge in [-0.2, -0.15) is 0 Å². The highest BCUT2D eigenvalue weighted by Crippen LogP contribution is 2.25. The van der Waals surface area contributed by atoms with E-state index in [0.29, 0.717) is 11.5 Å². The van der Waals surface area contributed by atoms with Gasteiger partial charge >= 0.3 is 5.97 Å². The van der Waals surface area contributed by atoms with E-state index in [-0.39, 0.29) is 17.5 Å². The van der Waals surface area contributed by atoms with E-state index in [1.807, 2.05) is 0 Å². The molecule has 0 aromatic heterocycles. The molecule has 1 aliphatic rings. The summed E-state index contributed by atoms with van der Waals surface area (Å²) in [6, 6.07) is 4.93. The molecule has 2 rings (SSSR count). The Morgan fingerprint density at radius 3 is 2.47 bits per heavy atom. The highest BCUT2D eigenvalue weighted by atomic mass is 16.4. The second-order valence-electron chi connectivity index (χ2n) is 5.38. The third-order valence-corrected chi connectivity index (χ3v) is 3.76. The molecule has 0 aliphatic heterocycles. The van der Waals surface area contributed by atoms with Gasteiger partial charge in [0.25, 0.3) is 5.91 Å². The van der Waals surface area contributed by atoms with Gasteiger partial charge in [-0.1, -0.05) is 13.3 Å². The maximum atomic E-state index is 12.2. The van der Waals surface area contributed by atoms with Crippen LogP contribution in [-0.4, -0.2) is 23.0 Å². The second kappa shape index (κ2) is 5.43. The zero-order valence-electron chi connectivity index (χ0n) is 11.3. The normalized spacial score (nSPS) is 22.2. The lowest BCUT2D eigenvalue weighted by atomic mass is 10.0. The molecule has 2 N–H and O–H groups in total.